The Kier molecular flexibility index (Phi) is 5.88. The molecule has 1 rings (SSSR count). The molecule has 0 saturated carbocycles. The number of ether oxygens (including phenoxy) is 1. The van der Waals surface area contributed by atoms with E-state index < -0.39 is 5.97 Å². The first kappa shape index (κ1) is 13.0. The number of thioether (sulfide) groups is 1. The lowest BCUT2D eigenvalue weighted by molar-refractivity contribution is 0.0696. The number of hydrogen-bond acceptors (Lipinski definition) is 4. The number of nitrogens with zero attached hydrogens (tertiary/aromatic N) is 1. The van der Waals surface area contributed by atoms with Crippen LogP contribution in [0.15, 0.2) is 18.3 Å². The number of pyridine rings is 1. The molecule has 0 aromatic carbocycles. The molecule has 0 atom stereocenters. The van der Waals surface area contributed by atoms with Crippen LogP contribution in [0.2, 0.25) is 0 Å². The maximum absolute atomic E-state index is 10.6. The van der Waals surface area contributed by atoms with Crippen molar-refractivity contribution in [2.45, 2.75) is 12.2 Å². The highest BCUT2D eigenvalue weighted by atomic mass is 32.2. The van der Waals surface area contributed by atoms with Gasteiger partial charge in [0.1, 0.15) is 0 Å². The third kappa shape index (κ3) is 4.63. The highest BCUT2D eigenvalue weighted by Crippen LogP contribution is 2.11. The van der Waals surface area contributed by atoms with E-state index in [1.54, 1.807) is 31.0 Å². The molecule has 0 fully saturated rings. The summed E-state index contributed by atoms with van der Waals surface area (Å²) in [5.74, 6) is 0.895. The molecule has 1 aromatic rings. The SMILES string of the molecule is COCCCSCc1ccc(C(=O)O)cn1. The van der Waals surface area contributed by atoms with Crippen LogP contribution in [0, 0.1) is 0 Å². The summed E-state index contributed by atoms with van der Waals surface area (Å²) in [5.41, 5.74) is 1.14. The molecule has 0 unspecified atom stereocenters. The molecule has 16 heavy (non-hydrogen) atoms. The van der Waals surface area contributed by atoms with E-state index in [4.69, 9.17) is 9.84 Å². The summed E-state index contributed by atoms with van der Waals surface area (Å²) in [6.07, 6.45) is 2.42. The Labute approximate surface area is 99.0 Å². The summed E-state index contributed by atoms with van der Waals surface area (Å²) in [5, 5.41) is 8.69. The molecule has 1 heterocycles. The molecule has 0 spiro atoms. The van der Waals surface area contributed by atoms with Gasteiger partial charge in [0, 0.05) is 25.7 Å². The van der Waals surface area contributed by atoms with E-state index in [1.165, 1.54) is 6.20 Å². The first-order valence-electron chi connectivity index (χ1n) is 4.99. The molecule has 0 saturated heterocycles. The van der Waals surface area contributed by atoms with E-state index in [-0.39, 0.29) is 5.56 Å². The minimum atomic E-state index is -0.938. The summed E-state index contributed by atoms with van der Waals surface area (Å²) in [6.45, 7) is 0.776. The summed E-state index contributed by atoms with van der Waals surface area (Å²) in [6, 6.07) is 3.34. The fraction of sp³-hybridized carbons (Fsp3) is 0.455. The summed E-state index contributed by atoms with van der Waals surface area (Å²) < 4.78 is 4.94. The molecule has 0 aliphatic heterocycles. The molecule has 1 aromatic heterocycles. The first-order valence-corrected chi connectivity index (χ1v) is 6.14. The summed E-state index contributed by atoms with van der Waals surface area (Å²) in [4.78, 5) is 14.7. The number of hydrogen-bond donors (Lipinski definition) is 1. The Balaban J connectivity index is 2.29. The van der Waals surface area contributed by atoms with Crippen LogP contribution in [0.25, 0.3) is 0 Å². The van der Waals surface area contributed by atoms with Gasteiger partial charge in [-0.05, 0) is 24.3 Å². The fourth-order valence-corrected chi connectivity index (χ4v) is 1.96. The maximum atomic E-state index is 10.6. The van der Waals surface area contributed by atoms with Gasteiger partial charge in [-0.1, -0.05) is 0 Å². The van der Waals surface area contributed by atoms with Crippen molar-refractivity contribution in [3.63, 3.8) is 0 Å². The van der Waals surface area contributed by atoms with E-state index in [1.807, 2.05) is 0 Å². The van der Waals surface area contributed by atoms with Crippen molar-refractivity contribution in [3.05, 3.63) is 29.6 Å². The van der Waals surface area contributed by atoms with Gasteiger partial charge in [-0.2, -0.15) is 11.8 Å². The van der Waals surface area contributed by atoms with E-state index in [9.17, 15) is 4.79 Å². The lowest BCUT2D eigenvalue weighted by Crippen LogP contribution is -1.98. The predicted molar refractivity (Wildman–Crippen MR) is 63.9 cm³/mol. The van der Waals surface area contributed by atoms with Crippen molar-refractivity contribution in [1.29, 1.82) is 0 Å². The van der Waals surface area contributed by atoms with E-state index >= 15 is 0 Å². The van der Waals surface area contributed by atoms with Crippen molar-refractivity contribution in [2.75, 3.05) is 19.5 Å². The van der Waals surface area contributed by atoms with Gasteiger partial charge in [0.05, 0.1) is 11.3 Å². The molecular weight excluding hydrogens is 226 g/mol. The molecule has 88 valence electrons. The van der Waals surface area contributed by atoms with Gasteiger partial charge in [0.25, 0.3) is 0 Å². The maximum Gasteiger partial charge on any atom is 0.337 e. The van der Waals surface area contributed by atoms with Crippen LogP contribution in [-0.4, -0.2) is 35.5 Å². The molecule has 0 aliphatic carbocycles. The van der Waals surface area contributed by atoms with E-state index in [0.29, 0.717) is 0 Å². The summed E-state index contributed by atoms with van der Waals surface area (Å²) in [7, 11) is 1.69. The van der Waals surface area contributed by atoms with Crippen LogP contribution >= 0.6 is 11.8 Å². The Bertz CT molecular complexity index is 327. The molecule has 4 nitrogen and oxygen atoms in total. The van der Waals surface area contributed by atoms with Gasteiger partial charge >= 0.3 is 5.97 Å². The third-order valence-corrected chi connectivity index (χ3v) is 3.04. The van der Waals surface area contributed by atoms with Gasteiger partial charge in [-0.3, -0.25) is 4.98 Å². The quantitative estimate of drug-likeness (QED) is 0.740. The predicted octanol–water partition coefficient (Wildman–Crippen LogP) is 2.05. The van der Waals surface area contributed by atoms with Crippen molar-refractivity contribution in [3.8, 4) is 0 Å². The van der Waals surface area contributed by atoms with Gasteiger partial charge < -0.3 is 9.84 Å². The number of rotatable bonds is 7. The minimum absolute atomic E-state index is 0.230. The van der Waals surface area contributed by atoms with Crippen LogP contribution in [0.3, 0.4) is 0 Å². The fourth-order valence-electron chi connectivity index (χ4n) is 1.12. The van der Waals surface area contributed by atoms with Gasteiger partial charge in [0.15, 0.2) is 0 Å². The van der Waals surface area contributed by atoms with E-state index in [0.717, 1.165) is 30.2 Å². The molecule has 0 bridgehead atoms. The Morgan fingerprint density at radius 3 is 2.94 bits per heavy atom. The number of carboxylic acid groups (broad SMARTS) is 1. The van der Waals surface area contributed by atoms with Crippen molar-refractivity contribution >= 4 is 17.7 Å². The molecule has 1 N–H and O–H groups in total. The highest BCUT2D eigenvalue weighted by molar-refractivity contribution is 7.98. The van der Waals surface area contributed by atoms with E-state index in [2.05, 4.69) is 4.98 Å². The second-order valence-electron chi connectivity index (χ2n) is 3.24. The monoisotopic (exact) mass is 241 g/mol. The molecule has 0 aliphatic rings. The zero-order chi connectivity index (χ0) is 11.8. The summed E-state index contributed by atoms with van der Waals surface area (Å²) >= 11 is 1.77. The molecule has 5 heteroatoms. The average Bonchev–Trinajstić information content (AvgIpc) is 2.29. The largest absolute Gasteiger partial charge is 0.478 e. The van der Waals surface area contributed by atoms with Crippen molar-refractivity contribution in [1.82, 2.24) is 4.98 Å². The Morgan fingerprint density at radius 1 is 1.56 bits per heavy atom. The second-order valence-corrected chi connectivity index (χ2v) is 4.35. The van der Waals surface area contributed by atoms with Crippen LogP contribution in [0.1, 0.15) is 22.5 Å². The van der Waals surface area contributed by atoms with Crippen LogP contribution in [0.5, 0.6) is 0 Å². The Morgan fingerprint density at radius 2 is 2.38 bits per heavy atom. The lowest BCUT2D eigenvalue weighted by Gasteiger charge is -2.01. The first-order chi connectivity index (χ1) is 7.74. The zero-order valence-electron chi connectivity index (χ0n) is 9.18. The second kappa shape index (κ2) is 7.24. The molecular formula is C11H15NO3S. The van der Waals surface area contributed by atoms with Gasteiger partial charge in [0.2, 0.25) is 0 Å². The van der Waals surface area contributed by atoms with Crippen LogP contribution in [-0.2, 0) is 10.5 Å². The number of carbonyl (C=O) groups is 1. The van der Waals surface area contributed by atoms with Gasteiger partial charge in [-0.25, -0.2) is 4.79 Å². The molecule has 0 radical (unpaired) electrons. The smallest absolute Gasteiger partial charge is 0.337 e. The highest BCUT2D eigenvalue weighted by Gasteiger charge is 2.02. The average molecular weight is 241 g/mol. The number of aromatic nitrogens is 1. The zero-order valence-corrected chi connectivity index (χ0v) is 10.00. The van der Waals surface area contributed by atoms with Crippen molar-refractivity contribution in [2.24, 2.45) is 0 Å². The normalized spacial score (nSPS) is 10.3. The Hall–Kier alpha value is -1.07. The van der Waals surface area contributed by atoms with Gasteiger partial charge in [-0.15, -0.1) is 0 Å². The standard InChI is InChI=1S/C11H15NO3S/c1-15-5-2-6-16-8-10-4-3-9(7-12-10)11(13)14/h3-4,7H,2,5-6,8H2,1H3,(H,13,14). The number of aromatic carboxylic acids is 1. The van der Waals surface area contributed by atoms with Crippen molar-refractivity contribution < 1.29 is 14.6 Å². The topological polar surface area (TPSA) is 59.4 Å². The number of methoxy groups -OCH3 is 1. The van der Waals surface area contributed by atoms with Crippen LogP contribution in [0.4, 0.5) is 0 Å². The lowest BCUT2D eigenvalue weighted by atomic mass is 10.2. The number of carboxylic acids is 1. The third-order valence-electron chi connectivity index (χ3n) is 1.96. The van der Waals surface area contributed by atoms with Crippen LogP contribution < -0.4 is 0 Å². The molecule has 0 amide bonds. The minimum Gasteiger partial charge on any atom is -0.478 e.